The molecule has 0 unspecified atom stereocenters. The number of nitro benzene ring substituents is 4. The minimum Gasteiger partial charge on any atom is -0.388 e. The molecule has 14 nitrogen and oxygen atoms in total. The number of nitrogens with zero attached hydrogens (tertiary/aromatic N) is 4. The van der Waals surface area contributed by atoms with Crippen LogP contribution in [0.1, 0.15) is 11.1 Å². The van der Waals surface area contributed by atoms with Crippen molar-refractivity contribution < 1.29 is 19.7 Å². The van der Waals surface area contributed by atoms with E-state index in [1.807, 2.05) is 0 Å². The Hall–Kier alpha value is -4.36. The van der Waals surface area contributed by atoms with Crippen molar-refractivity contribution in [2.24, 2.45) is 0 Å². The summed E-state index contributed by atoms with van der Waals surface area (Å²) in [6.45, 7) is 0. The summed E-state index contributed by atoms with van der Waals surface area (Å²) in [7, 11) is 0. The van der Waals surface area contributed by atoms with Crippen LogP contribution in [0.3, 0.4) is 0 Å². The van der Waals surface area contributed by atoms with E-state index < -0.39 is 53.8 Å². The first-order chi connectivity index (χ1) is 12.5. The average Bonchev–Trinajstić information content (AvgIpc) is 2.56. The summed E-state index contributed by atoms with van der Waals surface area (Å²) < 4.78 is 0. The molecule has 2 aromatic rings. The third-order valence-electron chi connectivity index (χ3n) is 3.59. The number of hydrogen-bond acceptors (Lipinski definition) is 10. The van der Waals surface area contributed by atoms with Gasteiger partial charge in [-0.25, -0.2) is 0 Å². The van der Waals surface area contributed by atoms with E-state index in [1.54, 1.807) is 0 Å². The first-order valence-electron chi connectivity index (χ1n) is 6.95. The number of hydrogen-bond donors (Lipinski definition) is 2. The van der Waals surface area contributed by atoms with Gasteiger partial charge >= 0.3 is 0 Å². The van der Waals surface area contributed by atoms with E-state index in [9.17, 15) is 40.5 Å². The van der Waals surface area contributed by atoms with E-state index in [0.717, 1.165) is 24.3 Å². The first-order valence-corrected chi connectivity index (χ1v) is 6.95. The second kappa shape index (κ2) is 6.87. The summed E-state index contributed by atoms with van der Waals surface area (Å²) in [6.07, 6.45) is -0.302. The molecule has 0 heterocycles. The maximum absolute atomic E-state index is 11.0. The van der Waals surface area contributed by atoms with Gasteiger partial charge in [-0.15, -0.1) is 0 Å². The Morgan fingerprint density at radius 2 is 0.815 bits per heavy atom. The molecule has 0 amide bonds. The standard InChI is InChI=1S/C13H10N6O8/c14-12-8(16(20)21)2-6(3-9(12)17(22)23)1-7-4-10(18(24)25)13(15)11(5-7)19(26)27/h2-5H,1,14-15H2. The van der Waals surface area contributed by atoms with Crippen molar-refractivity contribution in [1.82, 2.24) is 0 Å². The van der Waals surface area contributed by atoms with Gasteiger partial charge in [0.05, 0.1) is 19.7 Å². The molecule has 0 saturated heterocycles. The molecule has 0 saturated carbocycles. The van der Waals surface area contributed by atoms with Gasteiger partial charge in [-0.1, -0.05) is 0 Å². The normalized spacial score (nSPS) is 10.4. The van der Waals surface area contributed by atoms with Crippen LogP contribution < -0.4 is 11.5 Å². The number of nitro groups is 4. The highest BCUT2D eigenvalue weighted by Gasteiger charge is 2.27. The predicted octanol–water partition coefficient (Wildman–Crippen LogP) is 2.07. The molecule has 14 heteroatoms. The number of benzene rings is 2. The van der Waals surface area contributed by atoms with Crippen molar-refractivity contribution in [3.63, 3.8) is 0 Å². The summed E-state index contributed by atoms with van der Waals surface area (Å²) in [6, 6.07) is 3.82. The van der Waals surface area contributed by atoms with Crippen LogP contribution in [0.2, 0.25) is 0 Å². The van der Waals surface area contributed by atoms with Gasteiger partial charge < -0.3 is 11.5 Å². The Morgan fingerprint density at radius 3 is 1.00 bits per heavy atom. The van der Waals surface area contributed by atoms with Crippen LogP contribution in [0.4, 0.5) is 34.1 Å². The Morgan fingerprint density at radius 1 is 0.593 bits per heavy atom. The lowest BCUT2D eigenvalue weighted by Gasteiger charge is -2.06. The van der Waals surface area contributed by atoms with Crippen molar-refractivity contribution >= 4 is 34.1 Å². The van der Waals surface area contributed by atoms with Gasteiger partial charge in [0.2, 0.25) is 0 Å². The van der Waals surface area contributed by atoms with Crippen molar-refractivity contribution in [3.05, 3.63) is 75.8 Å². The second-order valence-electron chi connectivity index (χ2n) is 5.30. The van der Waals surface area contributed by atoms with E-state index in [0.29, 0.717) is 0 Å². The van der Waals surface area contributed by atoms with Gasteiger partial charge in [-0.2, -0.15) is 0 Å². The molecule has 4 N–H and O–H groups in total. The van der Waals surface area contributed by atoms with Crippen LogP contribution in [0, 0.1) is 40.5 Å². The van der Waals surface area contributed by atoms with Crippen LogP contribution in [0.5, 0.6) is 0 Å². The van der Waals surface area contributed by atoms with Gasteiger partial charge in [0.15, 0.2) is 11.4 Å². The first kappa shape index (κ1) is 19.0. The topological polar surface area (TPSA) is 225 Å². The summed E-state index contributed by atoms with van der Waals surface area (Å²) in [5.41, 5.74) is 6.66. The molecule has 0 fully saturated rings. The zero-order chi connectivity index (χ0) is 20.5. The van der Waals surface area contributed by atoms with Gasteiger partial charge in [0.1, 0.15) is 0 Å². The Labute approximate surface area is 148 Å². The molecule has 27 heavy (non-hydrogen) atoms. The summed E-state index contributed by atoms with van der Waals surface area (Å²) in [5, 5.41) is 44.2. The minimum absolute atomic E-state index is 0.0102. The Kier molecular flexibility index (Phi) is 4.83. The molecule has 0 aliphatic rings. The molecule has 2 aromatic carbocycles. The smallest absolute Gasteiger partial charge is 0.299 e. The van der Waals surface area contributed by atoms with Gasteiger partial charge in [-0.05, 0) is 17.5 Å². The molecule has 0 aliphatic heterocycles. The monoisotopic (exact) mass is 378 g/mol. The third-order valence-corrected chi connectivity index (χ3v) is 3.59. The van der Waals surface area contributed by atoms with Gasteiger partial charge in [-0.3, -0.25) is 40.5 Å². The zero-order valence-electron chi connectivity index (χ0n) is 13.2. The van der Waals surface area contributed by atoms with E-state index in [2.05, 4.69) is 0 Å². The SMILES string of the molecule is Nc1c([N+](=O)[O-])cc(Cc2cc([N+](=O)[O-])c(N)c([N+](=O)[O-])c2)cc1[N+](=O)[O-]. The summed E-state index contributed by atoms with van der Waals surface area (Å²) in [4.78, 5) is 40.5. The lowest BCUT2D eigenvalue weighted by Crippen LogP contribution is -2.05. The Bertz CT molecular complexity index is 855. The quantitative estimate of drug-likeness (QED) is 0.422. The highest BCUT2D eigenvalue weighted by molar-refractivity contribution is 5.74. The largest absolute Gasteiger partial charge is 0.388 e. The van der Waals surface area contributed by atoms with E-state index >= 15 is 0 Å². The third kappa shape index (κ3) is 3.68. The molecular formula is C13H10N6O8. The van der Waals surface area contributed by atoms with Gasteiger partial charge in [0.25, 0.3) is 22.7 Å². The van der Waals surface area contributed by atoms with Crippen molar-refractivity contribution in [2.45, 2.75) is 6.42 Å². The molecule has 0 aromatic heterocycles. The molecule has 0 aliphatic carbocycles. The highest BCUT2D eigenvalue weighted by atomic mass is 16.6. The van der Waals surface area contributed by atoms with Crippen LogP contribution >= 0.6 is 0 Å². The minimum atomic E-state index is -0.917. The van der Waals surface area contributed by atoms with Crippen LogP contribution in [0.15, 0.2) is 24.3 Å². The fourth-order valence-corrected chi connectivity index (χ4v) is 2.40. The molecule has 2 rings (SSSR count). The van der Waals surface area contributed by atoms with Crippen molar-refractivity contribution in [1.29, 1.82) is 0 Å². The highest BCUT2D eigenvalue weighted by Crippen LogP contribution is 2.36. The van der Waals surface area contributed by atoms with Crippen LogP contribution in [-0.4, -0.2) is 19.7 Å². The van der Waals surface area contributed by atoms with E-state index in [-0.39, 0.29) is 17.5 Å². The number of nitrogen functional groups attached to an aromatic ring is 2. The molecule has 0 spiro atoms. The van der Waals surface area contributed by atoms with Crippen molar-refractivity contribution in [3.8, 4) is 0 Å². The Balaban J connectivity index is 2.63. The number of anilines is 2. The maximum atomic E-state index is 11.0. The number of nitrogens with two attached hydrogens (primary N) is 2. The fourth-order valence-electron chi connectivity index (χ4n) is 2.40. The average molecular weight is 378 g/mol. The van der Waals surface area contributed by atoms with E-state index in [4.69, 9.17) is 11.5 Å². The molecular weight excluding hydrogens is 368 g/mol. The zero-order valence-corrected chi connectivity index (χ0v) is 13.2. The second-order valence-corrected chi connectivity index (χ2v) is 5.30. The summed E-state index contributed by atoms with van der Waals surface area (Å²) >= 11 is 0. The molecule has 0 radical (unpaired) electrons. The van der Waals surface area contributed by atoms with Gasteiger partial charge in [0, 0.05) is 24.3 Å². The van der Waals surface area contributed by atoms with Crippen molar-refractivity contribution in [2.75, 3.05) is 11.5 Å². The fraction of sp³-hybridized carbons (Fsp3) is 0.0769. The lowest BCUT2D eigenvalue weighted by molar-refractivity contribution is -0.392. The molecule has 0 bridgehead atoms. The molecule has 0 atom stereocenters. The molecule has 140 valence electrons. The van der Waals surface area contributed by atoms with Crippen LogP contribution in [0.25, 0.3) is 0 Å². The number of rotatable bonds is 6. The lowest BCUT2D eigenvalue weighted by atomic mass is 10.0. The van der Waals surface area contributed by atoms with Crippen LogP contribution in [-0.2, 0) is 6.42 Å². The maximum Gasteiger partial charge on any atom is 0.299 e. The predicted molar refractivity (Wildman–Crippen MR) is 91.1 cm³/mol. The van der Waals surface area contributed by atoms with E-state index in [1.165, 1.54) is 0 Å². The summed E-state index contributed by atoms with van der Waals surface area (Å²) in [5.74, 6) is 0.